The second kappa shape index (κ2) is 6.18. The highest BCUT2D eigenvalue weighted by molar-refractivity contribution is 7.00. The van der Waals surface area contributed by atoms with Gasteiger partial charge in [-0.2, -0.15) is 8.75 Å². The average Bonchev–Trinajstić information content (AvgIpc) is 3.26. The quantitative estimate of drug-likeness (QED) is 0.764. The normalized spacial score (nSPS) is 14.0. The molecule has 0 radical (unpaired) electrons. The highest BCUT2D eigenvalue weighted by Crippen LogP contribution is 2.30. The second-order valence-electron chi connectivity index (χ2n) is 5.21. The molecule has 0 saturated heterocycles. The summed E-state index contributed by atoms with van der Waals surface area (Å²) in [7, 11) is 0. The SMILES string of the molecule is O=C(c1ccccc1)N1CCN=C1Nc1c(Cl)ccc2nsnc12. The smallest absolute Gasteiger partial charge is 0.260 e. The molecule has 1 N–H and O–H groups in total. The van der Waals surface area contributed by atoms with Gasteiger partial charge in [-0.05, 0) is 24.3 Å². The van der Waals surface area contributed by atoms with Gasteiger partial charge in [0.05, 0.1) is 29.0 Å². The van der Waals surface area contributed by atoms with Crippen LogP contribution in [0, 0.1) is 0 Å². The second-order valence-corrected chi connectivity index (χ2v) is 6.14. The van der Waals surface area contributed by atoms with Gasteiger partial charge in [0.15, 0.2) is 0 Å². The van der Waals surface area contributed by atoms with Gasteiger partial charge in [-0.1, -0.05) is 29.8 Å². The fraction of sp³-hybridized carbons (Fsp3) is 0.125. The van der Waals surface area contributed by atoms with Crippen LogP contribution < -0.4 is 5.32 Å². The molecule has 1 aromatic heterocycles. The number of benzene rings is 2. The lowest BCUT2D eigenvalue weighted by atomic mass is 10.2. The number of hydrogen-bond donors (Lipinski definition) is 1. The number of fused-ring (bicyclic) bond motifs is 1. The summed E-state index contributed by atoms with van der Waals surface area (Å²) in [6.07, 6.45) is 0. The van der Waals surface area contributed by atoms with E-state index in [0.717, 1.165) is 17.2 Å². The van der Waals surface area contributed by atoms with Crippen molar-refractivity contribution in [3.63, 3.8) is 0 Å². The Kier molecular flexibility index (Phi) is 3.87. The first kappa shape index (κ1) is 15.0. The van der Waals surface area contributed by atoms with Gasteiger partial charge >= 0.3 is 0 Å². The van der Waals surface area contributed by atoms with Crippen LogP contribution in [0.2, 0.25) is 5.02 Å². The van der Waals surface area contributed by atoms with E-state index in [4.69, 9.17) is 11.6 Å². The Morgan fingerprint density at radius 1 is 1.17 bits per heavy atom. The monoisotopic (exact) mass is 357 g/mol. The van der Waals surface area contributed by atoms with E-state index < -0.39 is 0 Å². The number of halogens is 1. The number of carbonyl (C=O) groups excluding carboxylic acids is 1. The molecule has 0 atom stereocenters. The first-order chi connectivity index (χ1) is 11.7. The molecule has 1 aliphatic rings. The van der Waals surface area contributed by atoms with Crippen LogP contribution in [0.3, 0.4) is 0 Å². The van der Waals surface area contributed by atoms with Crippen LogP contribution in [0.4, 0.5) is 5.69 Å². The summed E-state index contributed by atoms with van der Waals surface area (Å²) in [5.41, 5.74) is 2.67. The molecule has 0 saturated carbocycles. The largest absolute Gasteiger partial charge is 0.323 e. The van der Waals surface area contributed by atoms with Crippen LogP contribution in [-0.4, -0.2) is 38.6 Å². The van der Waals surface area contributed by atoms with Crippen LogP contribution in [0.1, 0.15) is 10.4 Å². The Morgan fingerprint density at radius 3 is 2.83 bits per heavy atom. The van der Waals surface area contributed by atoms with Crippen LogP contribution in [-0.2, 0) is 0 Å². The molecule has 120 valence electrons. The zero-order valence-corrected chi connectivity index (χ0v) is 14.0. The minimum Gasteiger partial charge on any atom is -0.323 e. The predicted molar refractivity (Wildman–Crippen MR) is 95.8 cm³/mol. The van der Waals surface area contributed by atoms with E-state index in [0.29, 0.717) is 40.8 Å². The van der Waals surface area contributed by atoms with Gasteiger partial charge in [0.2, 0.25) is 5.96 Å². The number of rotatable bonds is 2. The molecule has 6 nitrogen and oxygen atoms in total. The topological polar surface area (TPSA) is 70.5 Å². The van der Waals surface area contributed by atoms with Crippen molar-refractivity contribution >= 4 is 51.9 Å². The van der Waals surface area contributed by atoms with Crippen molar-refractivity contribution in [2.45, 2.75) is 0 Å². The number of nitrogens with zero attached hydrogens (tertiary/aromatic N) is 4. The highest BCUT2D eigenvalue weighted by atomic mass is 35.5. The number of carbonyl (C=O) groups is 1. The molecule has 1 aliphatic heterocycles. The molecule has 0 fully saturated rings. The molecule has 3 aromatic rings. The Bertz CT molecular complexity index is 940. The van der Waals surface area contributed by atoms with Gasteiger partial charge < -0.3 is 5.32 Å². The maximum absolute atomic E-state index is 12.7. The van der Waals surface area contributed by atoms with Gasteiger partial charge in [0, 0.05) is 12.1 Å². The maximum Gasteiger partial charge on any atom is 0.260 e. The van der Waals surface area contributed by atoms with Crippen molar-refractivity contribution in [1.82, 2.24) is 13.6 Å². The van der Waals surface area contributed by atoms with Gasteiger partial charge in [-0.25, -0.2) is 0 Å². The Hall–Kier alpha value is -2.51. The van der Waals surface area contributed by atoms with Crippen molar-refractivity contribution in [2.75, 3.05) is 18.4 Å². The van der Waals surface area contributed by atoms with Crippen LogP contribution in [0.5, 0.6) is 0 Å². The number of nitrogens with one attached hydrogen (secondary N) is 1. The summed E-state index contributed by atoms with van der Waals surface area (Å²) >= 11 is 7.42. The summed E-state index contributed by atoms with van der Waals surface area (Å²) in [6.45, 7) is 1.07. The Morgan fingerprint density at radius 2 is 2.00 bits per heavy atom. The molecular formula is C16H12ClN5OS. The number of aliphatic imine (C=N–C) groups is 1. The van der Waals surface area contributed by atoms with Crippen molar-refractivity contribution in [3.05, 3.63) is 53.1 Å². The molecule has 0 aliphatic carbocycles. The number of aromatic nitrogens is 2. The third-order valence-electron chi connectivity index (χ3n) is 3.72. The third kappa shape index (κ3) is 2.61. The molecule has 24 heavy (non-hydrogen) atoms. The van der Waals surface area contributed by atoms with E-state index in [1.54, 1.807) is 23.1 Å². The minimum absolute atomic E-state index is 0.0981. The minimum atomic E-state index is -0.0981. The van der Waals surface area contributed by atoms with E-state index in [2.05, 4.69) is 19.1 Å². The fourth-order valence-corrected chi connectivity index (χ4v) is 3.29. The molecule has 1 amide bonds. The van der Waals surface area contributed by atoms with Crippen LogP contribution >= 0.6 is 23.3 Å². The molecule has 8 heteroatoms. The van der Waals surface area contributed by atoms with E-state index in [-0.39, 0.29) is 5.91 Å². The Labute approximate surface area is 147 Å². The summed E-state index contributed by atoms with van der Waals surface area (Å²) in [4.78, 5) is 18.7. The van der Waals surface area contributed by atoms with Crippen molar-refractivity contribution < 1.29 is 4.79 Å². The highest BCUT2D eigenvalue weighted by Gasteiger charge is 2.26. The Balaban J connectivity index is 1.65. The van der Waals surface area contributed by atoms with Crippen molar-refractivity contribution in [3.8, 4) is 0 Å². The van der Waals surface area contributed by atoms with Crippen LogP contribution in [0.15, 0.2) is 47.5 Å². The van der Waals surface area contributed by atoms with E-state index in [1.807, 2.05) is 24.3 Å². The zero-order valence-electron chi connectivity index (χ0n) is 12.4. The lowest BCUT2D eigenvalue weighted by Crippen LogP contribution is -2.38. The molecule has 4 rings (SSSR count). The van der Waals surface area contributed by atoms with Gasteiger partial charge in [-0.3, -0.25) is 14.7 Å². The fourth-order valence-electron chi connectivity index (χ4n) is 2.55. The lowest BCUT2D eigenvalue weighted by Gasteiger charge is -2.20. The number of amides is 1. The lowest BCUT2D eigenvalue weighted by molar-refractivity contribution is 0.0858. The zero-order chi connectivity index (χ0) is 16.5. The van der Waals surface area contributed by atoms with Crippen LogP contribution in [0.25, 0.3) is 11.0 Å². The molecule has 2 aromatic carbocycles. The van der Waals surface area contributed by atoms with Gasteiger partial charge in [-0.15, -0.1) is 0 Å². The van der Waals surface area contributed by atoms with E-state index in [9.17, 15) is 4.79 Å². The predicted octanol–water partition coefficient (Wildman–Crippen LogP) is 3.27. The molecule has 2 heterocycles. The molecule has 0 bridgehead atoms. The molecular weight excluding hydrogens is 346 g/mol. The standard InChI is InChI=1S/C16H12ClN5OS/c17-11-6-7-12-14(21-24-20-12)13(11)19-16-18-8-9-22(16)15(23)10-4-2-1-3-5-10/h1-7H,8-9H2,(H,18,19). The van der Waals surface area contributed by atoms with E-state index >= 15 is 0 Å². The number of guanidine groups is 1. The van der Waals surface area contributed by atoms with Gasteiger partial charge in [0.25, 0.3) is 5.91 Å². The first-order valence-corrected chi connectivity index (χ1v) is 8.44. The summed E-state index contributed by atoms with van der Waals surface area (Å²) < 4.78 is 8.48. The number of anilines is 1. The third-order valence-corrected chi connectivity index (χ3v) is 4.58. The molecule has 0 spiro atoms. The van der Waals surface area contributed by atoms with E-state index in [1.165, 1.54) is 0 Å². The summed E-state index contributed by atoms with van der Waals surface area (Å²) in [6, 6.07) is 12.7. The number of hydrogen-bond acceptors (Lipinski definition) is 6. The van der Waals surface area contributed by atoms with Gasteiger partial charge in [0.1, 0.15) is 11.0 Å². The average molecular weight is 358 g/mol. The molecule has 0 unspecified atom stereocenters. The van der Waals surface area contributed by atoms with Crippen molar-refractivity contribution in [1.29, 1.82) is 0 Å². The summed E-state index contributed by atoms with van der Waals surface area (Å²) in [5, 5.41) is 3.68. The maximum atomic E-state index is 12.7. The van der Waals surface area contributed by atoms with Crippen molar-refractivity contribution in [2.24, 2.45) is 4.99 Å². The first-order valence-electron chi connectivity index (χ1n) is 7.33. The summed E-state index contributed by atoms with van der Waals surface area (Å²) in [5.74, 6) is 0.380.